The van der Waals surface area contributed by atoms with Crippen LogP contribution in [0, 0.1) is 11.8 Å². The van der Waals surface area contributed by atoms with Crippen LogP contribution < -0.4 is 5.73 Å². The third-order valence-electron chi connectivity index (χ3n) is 3.76. The summed E-state index contributed by atoms with van der Waals surface area (Å²) in [5, 5.41) is 3.26. The fourth-order valence-electron chi connectivity index (χ4n) is 2.03. The molecule has 0 aliphatic heterocycles. The Balaban J connectivity index is 2.06. The van der Waals surface area contributed by atoms with Gasteiger partial charge in [-0.05, 0) is 11.8 Å². The second kappa shape index (κ2) is 6.31. The highest BCUT2D eigenvalue weighted by Crippen LogP contribution is 2.24. The molecule has 0 saturated heterocycles. The fraction of sp³-hybridized carbons (Fsp3) is 0.438. The number of rotatable bonds is 5. The highest BCUT2D eigenvalue weighted by molar-refractivity contribution is 7.09. The van der Waals surface area contributed by atoms with Crippen molar-refractivity contribution in [2.75, 3.05) is 0 Å². The van der Waals surface area contributed by atoms with Crippen molar-refractivity contribution in [3.8, 4) is 11.3 Å². The van der Waals surface area contributed by atoms with Crippen LogP contribution in [0.25, 0.3) is 11.3 Å². The molecule has 1 heterocycles. The van der Waals surface area contributed by atoms with Gasteiger partial charge in [-0.3, -0.25) is 0 Å². The van der Waals surface area contributed by atoms with Crippen molar-refractivity contribution >= 4 is 11.3 Å². The monoisotopic (exact) mass is 274 g/mol. The lowest BCUT2D eigenvalue weighted by Gasteiger charge is -2.22. The van der Waals surface area contributed by atoms with Crippen molar-refractivity contribution in [1.82, 2.24) is 4.98 Å². The Labute approximate surface area is 119 Å². The second-order valence-corrected chi connectivity index (χ2v) is 6.41. The van der Waals surface area contributed by atoms with Gasteiger partial charge in [0.2, 0.25) is 0 Å². The van der Waals surface area contributed by atoms with Gasteiger partial charge in [0.05, 0.1) is 10.7 Å². The van der Waals surface area contributed by atoms with E-state index in [9.17, 15) is 0 Å². The van der Waals surface area contributed by atoms with E-state index in [0.717, 1.165) is 17.1 Å². The number of thiazole rings is 1. The number of nitrogens with zero attached hydrogens (tertiary/aromatic N) is 1. The highest BCUT2D eigenvalue weighted by Gasteiger charge is 2.18. The maximum absolute atomic E-state index is 6.26. The number of hydrogen-bond acceptors (Lipinski definition) is 3. The van der Waals surface area contributed by atoms with Crippen molar-refractivity contribution in [2.24, 2.45) is 17.6 Å². The normalized spacial score (nSPS) is 14.6. The molecule has 3 heteroatoms. The molecule has 19 heavy (non-hydrogen) atoms. The molecule has 0 amide bonds. The van der Waals surface area contributed by atoms with Gasteiger partial charge in [-0.25, -0.2) is 4.98 Å². The third kappa shape index (κ3) is 3.64. The van der Waals surface area contributed by atoms with Crippen LogP contribution in [0.5, 0.6) is 0 Å². The Kier molecular flexibility index (Phi) is 4.72. The number of hydrogen-bond donors (Lipinski definition) is 1. The van der Waals surface area contributed by atoms with Gasteiger partial charge in [0.1, 0.15) is 0 Å². The van der Waals surface area contributed by atoms with E-state index in [0.29, 0.717) is 11.8 Å². The smallest absolute Gasteiger partial charge is 0.0948 e. The van der Waals surface area contributed by atoms with Crippen molar-refractivity contribution in [1.29, 1.82) is 0 Å². The molecular weight excluding hydrogens is 252 g/mol. The molecular formula is C16H22N2S. The van der Waals surface area contributed by atoms with E-state index < -0.39 is 0 Å². The van der Waals surface area contributed by atoms with Crippen molar-refractivity contribution in [3.05, 3.63) is 40.7 Å². The Hall–Kier alpha value is -1.19. The molecule has 2 atom stereocenters. The average Bonchev–Trinajstić information content (AvgIpc) is 2.87. The first-order valence-corrected chi connectivity index (χ1v) is 7.71. The van der Waals surface area contributed by atoms with Gasteiger partial charge in [0.25, 0.3) is 0 Å². The lowest BCUT2D eigenvalue weighted by molar-refractivity contribution is 0.344. The van der Waals surface area contributed by atoms with E-state index >= 15 is 0 Å². The summed E-state index contributed by atoms with van der Waals surface area (Å²) in [4.78, 5) is 4.70. The molecule has 0 fully saturated rings. The quantitative estimate of drug-likeness (QED) is 0.896. The van der Waals surface area contributed by atoms with Crippen LogP contribution in [0.3, 0.4) is 0 Å². The minimum atomic E-state index is 0.190. The van der Waals surface area contributed by atoms with Crippen molar-refractivity contribution < 1.29 is 0 Å². The molecule has 2 rings (SSSR count). The molecule has 2 aromatic rings. The van der Waals surface area contributed by atoms with Gasteiger partial charge in [-0.15, -0.1) is 11.3 Å². The zero-order chi connectivity index (χ0) is 13.8. The first-order chi connectivity index (χ1) is 9.08. The topological polar surface area (TPSA) is 38.9 Å². The molecule has 0 aliphatic carbocycles. The Bertz CT molecular complexity index is 504. The number of nitrogens with two attached hydrogens (primary N) is 1. The first kappa shape index (κ1) is 14.2. The summed E-state index contributed by atoms with van der Waals surface area (Å²) in [6, 6.07) is 10.5. The SMILES string of the molecule is CC(C)C(C)C(N)Cc1nc(-c2ccccc2)cs1. The lowest BCUT2D eigenvalue weighted by Crippen LogP contribution is -2.33. The number of aromatic nitrogens is 1. The van der Waals surface area contributed by atoms with E-state index in [1.54, 1.807) is 11.3 Å². The molecule has 0 aliphatic rings. The van der Waals surface area contributed by atoms with Crippen LogP contribution in [0.1, 0.15) is 25.8 Å². The summed E-state index contributed by atoms with van der Waals surface area (Å²) >= 11 is 1.71. The standard InChI is InChI=1S/C16H22N2S/c1-11(2)12(3)14(17)9-16-18-15(10-19-16)13-7-5-4-6-8-13/h4-8,10-12,14H,9,17H2,1-3H3. The molecule has 0 spiro atoms. The molecule has 1 aromatic heterocycles. The van der Waals surface area contributed by atoms with Crippen LogP contribution in [-0.2, 0) is 6.42 Å². The van der Waals surface area contributed by atoms with Gasteiger partial charge in [-0.1, -0.05) is 51.1 Å². The van der Waals surface area contributed by atoms with Crippen LogP contribution >= 0.6 is 11.3 Å². The molecule has 2 N–H and O–H groups in total. The maximum atomic E-state index is 6.26. The molecule has 2 unspecified atom stereocenters. The summed E-state index contributed by atoms with van der Waals surface area (Å²) in [6.45, 7) is 6.67. The van der Waals surface area contributed by atoms with Gasteiger partial charge >= 0.3 is 0 Å². The minimum Gasteiger partial charge on any atom is -0.327 e. The second-order valence-electron chi connectivity index (χ2n) is 5.46. The first-order valence-electron chi connectivity index (χ1n) is 6.83. The third-order valence-corrected chi connectivity index (χ3v) is 4.63. The zero-order valence-electron chi connectivity index (χ0n) is 11.8. The van der Waals surface area contributed by atoms with Gasteiger partial charge in [-0.2, -0.15) is 0 Å². The maximum Gasteiger partial charge on any atom is 0.0948 e. The molecule has 0 bridgehead atoms. The van der Waals surface area contributed by atoms with E-state index in [-0.39, 0.29) is 6.04 Å². The summed E-state index contributed by atoms with van der Waals surface area (Å²) in [6.07, 6.45) is 0.872. The van der Waals surface area contributed by atoms with E-state index in [2.05, 4.69) is 38.3 Å². The fourth-order valence-corrected chi connectivity index (χ4v) is 2.90. The molecule has 0 radical (unpaired) electrons. The summed E-state index contributed by atoms with van der Waals surface area (Å²) < 4.78 is 0. The van der Waals surface area contributed by atoms with Crippen LogP contribution in [0.2, 0.25) is 0 Å². The van der Waals surface area contributed by atoms with Crippen LogP contribution in [0.4, 0.5) is 0 Å². The van der Waals surface area contributed by atoms with Crippen molar-refractivity contribution in [3.63, 3.8) is 0 Å². The molecule has 1 aromatic carbocycles. The highest BCUT2D eigenvalue weighted by atomic mass is 32.1. The largest absolute Gasteiger partial charge is 0.327 e. The lowest BCUT2D eigenvalue weighted by atomic mass is 9.89. The van der Waals surface area contributed by atoms with Gasteiger partial charge in [0, 0.05) is 23.4 Å². The molecule has 2 nitrogen and oxygen atoms in total. The Morgan fingerprint density at radius 2 is 1.84 bits per heavy atom. The van der Waals surface area contributed by atoms with E-state index in [1.807, 2.05) is 18.2 Å². The average molecular weight is 274 g/mol. The van der Waals surface area contributed by atoms with E-state index in [4.69, 9.17) is 10.7 Å². The predicted molar refractivity (Wildman–Crippen MR) is 83.2 cm³/mol. The Morgan fingerprint density at radius 3 is 2.47 bits per heavy atom. The molecule has 102 valence electrons. The summed E-state index contributed by atoms with van der Waals surface area (Å²) in [5.41, 5.74) is 8.50. The van der Waals surface area contributed by atoms with Crippen LogP contribution in [-0.4, -0.2) is 11.0 Å². The molecule has 0 saturated carbocycles. The van der Waals surface area contributed by atoms with Gasteiger partial charge in [0.15, 0.2) is 0 Å². The Morgan fingerprint density at radius 1 is 1.16 bits per heavy atom. The predicted octanol–water partition coefficient (Wildman–Crippen LogP) is 3.97. The summed E-state index contributed by atoms with van der Waals surface area (Å²) in [7, 11) is 0. The van der Waals surface area contributed by atoms with Gasteiger partial charge < -0.3 is 5.73 Å². The zero-order valence-corrected chi connectivity index (χ0v) is 12.7. The minimum absolute atomic E-state index is 0.190. The number of benzene rings is 1. The van der Waals surface area contributed by atoms with Crippen LogP contribution in [0.15, 0.2) is 35.7 Å². The summed E-state index contributed by atoms with van der Waals surface area (Å²) in [5.74, 6) is 1.13. The van der Waals surface area contributed by atoms with Crippen molar-refractivity contribution in [2.45, 2.75) is 33.2 Å². The van der Waals surface area contributed by atoms with E-state index in [1.165, 1.54) is 5.56 Å².